The number of rotatable bonds is 6. The molecule has 1 amide bonds. The van der Waals surface area contributed by atoms with E-state index >= 15 is 4.39 Å². The molecule has 2 aliphatic rings. The number of ether oxygens (including phenoxy) is 1. The van der Waals surface area contributed by atoms with Crippen LogP contribution in [0.15, 0.2) is 53.8 Å². The van der Waals surface area contributed by atoms with Gasteiger partial charge in [0, 0.05) is 36.6 Å². The predicted octanol–water partition coefficient (Wildman–Crippen LogP) is 4.57. The number of aromatic nitrogens is 4. The Labute approximate surface area is 261 Å². The molecule has 0 saturated carbocycles. The van der Waals surface area contributed by atoms with E-state index in [0.717, 1.165) is 25.5 Å². The Kier molecular flexibility index (Phi) is 8.17. The normalized spacial score (nSPS) is 20.9. The predicted molar refractivity (Wildman–Crippen MR) is 165 cm³/mol. The number of amides is 1. The Morgan fingerprint density at radius 3 is 2.39 bits per heavy atom. The molecular formula is C32H33F4N7O3. The molecule has 0 radical (unpaired) electrons. The van der Waals surface area contributed by atoms with Gasteiger partial charge in [0.25, 0.3) is 5.56 Å². The maximum absolute atomic E-state index is 15.1. The van der Waals surface area contributed by atoms with E-state index in [1.807, 2.05) is 7.05 Å². The molecule has 46 heavy (non-hydrogen) atoms. The zero-order valence-corrected chi connectivity index (χ0v) is 25.6. The molecule has 0 N–H and O–H groups in total. The number of hydrogen-bond acceptors (Lipinski definition) is 8. The van der Waals surface area contributed by atoms with E-state index < -0.39 is 41.0 Å². The molecular weight excluding hydrogens is 606 g/mol. The van der Waals surface area contributed by atoms with Gasteiger partial charge < -0.3 is 19.4 Å². The molecule has 0 aliphatic carbocycles. The Hall–Kier alpha value is -4.59. The Morgan fingerprint density at radius 2 is 1.76 bits per heavy atom. The topological polar surface area (TPSA) is 96.7 Å². The van der Waals surface area contributed by atoms with Crippen LogP contribution in [0.2, 0.25) is 0 Å². The number of carbonyl (C=O) groups is 1. The number of anilines is 1. The molecule has 6 rings (SSSR count). The average molecular weight is 640 g/mol. The Morgan fingerprint density at radius 1 is 1.07 bits per heavy atom. The van der Waals surface area contributed by atoms with Gasteiger partial charge in [0.2, 0.25) is 11.7 Å². The molecule has 2 aliphatic heterocycles. The Balaban J connectivity index is 1.60. The summed E-state index contributed by atoms with van der Waals surface area (Å²) in [5.41, 5.74) is -2.26. The summed E-state index contributed by atoms with van der Waals surface area (Å²) in [5.74, 6) is -2.65. The van der Waals surface area contributed by atoms with E-state index in [1.54, 1.807) is 35.8 Å². The van der Waals surface area contributed by atoms with Gasteiger partial charge >= 0.3 is 12.2 Å². The molecule has 3 atom stereocenters. The zero-order valence-electron chi connectivity index (χ0n) is 25.6. The summed E-state index contributed by atoms with van der Waals surface area (Å²) in [5, 5.41) is 0.138. The third-order valence-corrected chi connectivity index (χ3v) is 8.73. The van der Waals surface area contributed by atoms with Gasteiger partial charge in [0.1, 0.15) is 17.9 Å². The second kappa shape index (κ2) is 12.0. The van der Waals surface area contributed by atoms with Crippen LogP contribution in [0.4, 0.5) is 23.4 Å². The van der Waals surface area contributed by atoms with Crippen LogP contribution in [0.1, 0.15) is 32.5 Å². The van der Waals surface area contributed by atoms with Crippen molar-refractivity contribution in [2.24, 2.45) is 0 Å². The summed E-state index contributed by atoms with van der Waals surface area (Å²) in [6.07, 6.45) is -2.06. The monoisotopic (exact) mass is 639 g/mol. The zero-order chi connectivity index (χ0) is 32.9. The molecule has 2 aromatic carbocycles. The van der Waals surface area contributed by atoms with Crippen molar-refractivity contribution in [2.75, 3.05) is 38.2 Å². The van der Waals surface area contributed by atoms with Gasteiger partial charge in [-0.05, 0) is 63.9 Å². The number of likely N-dealkylation sites (tertiary alicyclic amines) is 1. The highest BCUT2D eigenvalue weighted by atomic mass is 19.4. The van der Waals surface area contributed by atoms with E-state index in [-0.39, 0.29) is 60.1 Å². The summed E-state index contributed by atoms with van der Waals surface area (Å²) in [7, 11) is 1.96. The summed E-state index contributed by atoms with van der Waals surface area (Å²) < 4.78 is 65.9. The molecule has 4 heterocycles. The van der Waals surface area contributed by atoms with Gasteiger partial charge in [-0.2, -0.15) is 23.1 Å². The minimum Gasteiger partial charge on any atom is -0.462 e. The van der Waals surface area contributed by atoms with E-state index in [4.69, 9.17) is 4.74 Å². The van der Waals surface area contributed by atoms with Crippen LogP contribution in [-0.2, 0) is 11.0 Å². The van der Waals surface area contributed by atoms with Gasteiger partial charge in [0.05, 0.1) is 5.69 Å². The van der Waals surface area contributed by atoms with E-state index in [1.165, 1.54) is 24.3 Å². The van der Waals surface area contributed by atoms with Crippen molar-refractivity contribution in [3.05, 3.63) is 71.0 Å². The fraction of sp³-hybridized carbons (Fsp3) is 0.406. The smallest absolute Gasteiger partial charge is 0.450 e. The van der Waals surface area contributed by atoms with Gasteiger partial charge in [-0.15, -0.1) is 0 Å². The van der Waals surface area contributed by atoms with Crippen LogP contribution in [-0.4, -0.2) is 86.6 Å². The highest BCUT2D eigenvalue weighted by molar-refractivity contribution is 5.92. The number of carbonyl (C=O) groups excluding carboxylic acids is 1. The van der Waals surface area contributed by atoms with Gasteiger partial charge in [-0.1, -0.05) is 30.8 Å². The lowest BCUT2D eigenvalue weighted by molar-refractivity contribution is -0.146. The standard InChI is InChI=1S/C32H33F4N7O3/c1-5-24(44)41-15-18(2)42(19(3)16-41)28-26-27(38-31(39-28)46-17-21-11-8-14-40(21)4)29(45)43(30(37-26)32(34,35)36)23-13-7-10-20-9-6-12-22(33)25(20)23/h5-7,9-10,12-13,18-19,21H,1,8,11,14-17H2,2-4H3/t18-,19-,21?/m0/s1. The number of hydrogen-bond donors (Lipinski definition) is 0. The maximum atomic E-state index is 15.1. The number of benzene rings is 2. The van der Waals surface area contributed by atoms with E-state index in [9.17, 15) is 22.8 Å². The fourth-order valence-electron chi connectivity index (χ4n) is 6.56. The van der Waals surface area contributed by atoms with Crippen molar-refractivity contribution in [3.8, 4) is 11.7 Å². The van der Waals surface area contributed by atoms with E-state index in [0.29, 0.717) is 9.95 Å². The fourth-order valence-corrected chi connectivity index (χ4v) is 6.56. The lowest BCUT2D eigenvalue weighted by Crippen LogP contribution is -2.58. The van der Waals surface area contributed by atoms with Crippen molar-refractivity contribution in [2.45, 2.75) is 51.0 Å². The number of halogens is 4. The molecule has 14 heteroatoms. The van der Waals surface area contributed by atoms with Crippen LogP contribution >= 0.6 is 0 Å². The molecule has 2 aromatic heterocycles. The average Bonchev–Trinajstić information content (AvgIpc) is 3.43. The summed E-state index contributed by atoms with van der Waals surface area (Å²) in [6, 6.07) is 7.31. The first kappa shape index (κ1) is 31.4. The molecule has 2 saturated heterocycles. The molecule has 2 fully saturated rings. The third kappa shape index (κ3) is 5.54. The molecule has 1 unspecified atom stereocenters. The van der Waals surface area contributed by atoms with Crippen molar-refractivity contribution in [1.82, 2.24) is 29.3 Å². The summed E-state index contributed by atoms with van der Waals surface area (Å²) in [6.45, 7) is 8.68. The maximum Gasteiger partial charge on any atom is 0.450 e. The van der Waals surface area contributed by atoms with Crippen LogP contribution in [0.5, 0.6) is 6.01 Å². The molecule has 242 valence electrons. The quantitative estimate of drug-likeness (QED) is 0.224. The third-order valence-electron chi connectivity index (χ3n) is 8.73. The van der Waals surface area contributed by atoms with Crippen LogP contribution in [0, 0.1) is 5.82 Å². The second-order valence-corrected chi connectivity index (χ2v) is 11.9. The first-order valence-electron chi connectivity index (χ1n) is 15.0. The minimum absolute atomic E-state index is 0.0238. The summed E-state index contributed by atoms with van der Waals surface area (Å²) >= 11 is 0. The largest absolute Gasteiger partial charge is 0.462 e. The van der Waals surface area contributed by atoms with Crippen LogP contribution in [0.25, 0.3) is 27.5 Å². The first-order chi connectivity index (χ1) is 21.9. The van der Waals surface area contributed by atoms with E-state index in [2.05, 4.69) is 26.4 Å². The molecule has 4 aromatic rings. The van der Waals surface area contributed by atoms with Gasteiger partial charge in [0.15, 0.2) is 11.3 Å². The molecule has 10 nitrogen and oxygen atoms in total. The number of likely N-dealkylation sites (N-methyl/N-ethyl adjacent to an activating group) is 1. The second-order valence-electron chi connectivity index (χ2n) is 11.9. The molecule has 0 bridgehead atoms. The highest BCUT2D eigenvalue weighted by Crippen LogP contribution is 2.36. The van der Waals surface area contributed by atoms with Crippen LogP contribution in [0.3, 0.4) is 0 Å². The van der Waals surface area contributed by atoms with Gasteiger partial charge in [-0.3, -0.25) is 14.2 Å². The first-order valence-corrected chi connectivity index (χ1v) is 15.0. The lowest BCUT2D eigenvalue weighted by Gasteiger charge is -2.45. The SMILES string of the molecule is C=CC(=O)N1C[C@H](C)N(c2nc(OCC3CCCN3C)nc3c(=O)n(-c4cccc5cccc(F)c45)c(C(F)(F)F)nc23)[C@@H](C)C1. The number of nitrogens with zero attached hydrogens (tertiary/aromatic N) is 7. The van der Waals surface area contributed by atoms with Crippen molar-refractivity contribution >= 4 is 33.5 Å². The lowest BCUT2D eigenvalue weighted by atomic mass is 10.1. The van der Waals surface area contributed by atoms with Crippen molar-refractivity contribution < 1.29 is 27.1 Å². The molecule has 0 spiro atoms. The van der Waals surface area contributed by atoms with Crippen molar-refractivity contribution in [3.63, 3.8) is 0 Å². The number of piperazine rings is 1. The Bertz CT molecular complexity index is 1880. The summed E-state index contributed by atoms with van der Waals surface area (Å²) in [4.78, 5) is 45.0. The minimum atomic E-state index is -5.12. The highest BCUT2D eigenvalue weighted by Gasteiger charge is 2.41. The van der Waals surface area contributed by atoms with Gasteiger partial charge in [-0.25, -0.2) is 9.37 Å². The number of alkyl halides is 3. The number of fused-ring (bicyclic) bond motifs is 2. The van der Waals surface area contributed by atoms with Crippen LogP contribution < -0.4 is 15.2 Å². The van der Waals surface area contributed by atoms with Crippen molar-refractivity contribution in [1.29, 1.82) is 0 Å².